The number of anilines is 2. The predicted molar refractivity (Wildman–Crippen MR) is 150 cm³/mol. The number of nitrogens with zero attached hydrogens (tertiary/aromatic N) is 2. The molecule has 0 saturated carbocycles. The number of likely N-dealkylation sites (N-methyl/N-ethyl adjacent to an activating group) is 1. The molecule has 0 bridgehead atoms. The van der Waals surface area contributed by atoms with Gasteiger partial charge in [0.1, 0.15) is 5.75 Å². The van der Waals surface area contributed by atoms with E-state index in [2.05, 4.69) is 23.8 Å². The van der Waals surface area contributed by atoms with Crippen molar-refractivity contribution in [3.05, 3.63) is 100 Å². The van der Waals surface area contributed by atoms with Crippen molar-refractivity contribution in [2.24, 2.45) is 0 Å². The summed E-state index contributed by atoms with van der Waals surface area (Å²) >= 11 is 12.5. The highest BCUT2D eigenvalue weighted by molar-refractivity contribution is 6.34. The van der Waals surface area contributed by atoms with E-state index in [4.69, 9.17) is 27.9 Å². The van der Waals surface area contributed by atoms with E-state index in [9.17, 15) is 9.59 Å². The standard InChI is InChI=1S/C29H29Cl2N3O3/c1-4-15-33(2)25-10-7-16-34(26-14-12-20(30)18-22(25)26)29(36)19-11-13-24(27(17-19)37-3)32-28(35)21-8-5-6-9-23(21)31/h4-6,8-9,11-14,17-18,25H,1,7,10,15-16H2,2-3H3,(H,32,35). The van der Waals surface area contributed by atoms with Crippen LogP contribution in [0, 0.1) is 0 Å². The van der Waals surface area contributed by atoms with Gasteiger partial charge in [-0.3, -0.25) is 14.5 Å². The first-order valence-corrected chi connectivity index (χ1v) is 12.8. The number of benzene rings is 3. The lowest BCUT2D eigenvalue weighted by Gasteiger charge is -2.29. The molecule has 3 aromatic rings. The Morgan fingerprint density at radius 2 is 1.95 bits per heavy atom. The molecule has 0 radical (unpaired) electrons. The number of carbonyl (C=O) groups excluding carboxylic acids is 2. The van der Waals surface area contributed by atoms with Crippen molar-refractivity contribution in [2.75, 3.05) is 37.5 Å². The molecule has 0 aliphatic carbocycles. The van der Waals surface area contributed by atoms with Crippen molar-refractivity contribution >= 4 is 46.4 Å². The lowest BCUT2D eigenvalue weighted by atomic mass is 10.00. The first-order valence-electron chi connectivity index (χ1n) is 12.0. The van der Waals surface area contributed by atoms with Gasteiger partial charge in [-0.1, -0.05) is 41.4 Å². The number of fused-ring (bicyclic) bond motifs is 1. The smallest absolute Gasteiger partial charge is 0.258 e. The van der Waals surface area contributed by atoms with E-state index < -0.39 is 0 Å². The maximum atomic E-state index is 13.8. The third-order valence-electron chi connectivity index (χ3n) is 6.51. The fraction of sp³-hybridized carbons (Fsp3) is 0.241. The zero-order valence-corrected chi connectivity index (χ0v) is 22.4. The second-order valence-corrected chi connectivity index (χ2v) is 9.74. The highest BCUT2D eigenvalue weighted by atomic mass is 35.5. The molecule has 6 nitrogen and oxygen atoms in total. The Balaban J connectivity index is 1.64. The van der Waals surface area contributed by atoms with Gasteiger partial charge in [-0.15, -0.1) is 6.58 Å². The number of nitrogens with one attached hydrogen (secondary N) is 1. The molecule has 37 heavy (non-hydrogen) atoms. The molecule has 2 amide bonds. The van der Waals surface area contributed by atoms with E-state index in [-0.39, 0.29) is 17.9 Å². The van der Waals surface area contributed by atoms with Gasteiger partial charge in [0.05, 0.1) is 23.4 Å². The number of hydrogen-bond donors (Lipinski definition) is 1. The highest BCUT2D eigenvalue weighted by Gasteiger charge is 2.29. The SMILES string of the molecule is C=CCN(C)C1CCCN(C(=O)c2ccc(NC(=O)c3ccccc3Cl)c(OC)c2)c2ccc(Cl)cc21. The average molecular weight is 538 g/mol. The van der Waals surface area contributed by atoms with Gasteiger partial charge in [0.25, 0.3) is 11.8 Å². The van der Waals surface area contributed by atoms with E-state index in [1.165, 1.54) is 7.11 Å². The minimum absolute atomic E-state index is 0.112. The molecule has 1 aliphatic rings. The molecule has 4 rings (SSSR count). The van der Waals surface area contributed by atoms with Gasteiger partial charge in [-0.25, -0.2) is 0 Å². The van der Waals surface area contributed by atoms with Crippen molar-refractivity contribution < 1.29 is 14.3 Å². The van der Waals surface area contributed by atoms with Crippen LogP contribution in [0.3, 0.4) is 0 Å². The van der Waals surface area contributed by atoms with Crippen molar-refractivity contribution in [3.63, 3.8) is 0 Å². The monoisotopic (exact) mass is 537 g/mol. The first-order chi connectivity index (χ1) is 17.8. The van der Waals surface area contributed by atoms with Crippen LogP contribution in [0.4, 0.5) is 11.4 Å². The molecule has 1 aliphatic heterocycles. The molecule has 0 aromatic heterocycles. The number of amides is 2. The van der Waals surface area contributed by atoms with Gasteiger partial charge in [0.15, 0.2) is 0 Å². The highest BCUT2D eigenvalue weighted by Crippen LogP contribution is 2.39. The zero-order valence-electron chi connectivity index (χ0n) is 20.8. The second-order valence-electron chi connectivity index (χ2n) is 8.90. The Morgan fingerprint density at radius 3 is 2.68 bits per heavy atom. The van der Waals surface area contributed by atoms with E-state index in [1.807, 2.05) is 24.3 Å². The summed E-state index contributed by atoms with van der Waals surface area (Å²) in [7, 11) is 3.55. The third-order valence-corrected chi connectivity index (χ3v) is 7.07. The minimum atomic E-state index is -0.365. The van der Waals surface area contributed by atoms with Crippen LogP contribution in [0.1, 0.15) is 45.2 Å². The van der Waals surface area contributed by atoms with Crippen LogP contribution in [0.5, 0.6) is 5.75 Å². The molecular weight excluding hydrogens is 509 g/mol. The molecule has 0 spiro atoms. The molecule has 3 aromatic carbocycles. The van der Waals surface area contributed by atoms with Crippen LogP contribution in [-0.2, 0) is 0 Å². The van der Waals surface area contributed by atoms with Crippen LogP contribution in [0.15, 0.2) is 73.3 Å². The molecule has 1 unspecified atom stereocenters. The topological polar surface area (TPSA) is 61.9 Å². The van der Waals surface area contributed by atoms with Crippen molar-refractivity contribution in [1.29, 1.82) is 0 Å². The van der Waals surface area contributed by atoms with Crippen LogP contribution >= 0.6 is 23.2 Å². The Hall–Kier alpha value is -3.32. The Labute approximate surface area is 227 Å². The predicted octanol–water partition coefficient (Wildman–Crippen LogP) is 6.85. The summed E-state index contributed by atoms with van der Waals surface area (Å²) in [5.41, 5.74) is 3.09. The summed E-state index contributed by atoms with van der Waals surface area (Å²) in [4.78, 5) is 30.5. The minimum Gasteiger partial charge on any atom is -0.495 e. The van der Waals surface area contributed by atoms with Gasteiger partial charge >= 0.3 is 0 Å². The zero-order chi connectivity index (χ0) is 26.5. The second kappa shape index (κ2) is 11.8. The number of ether oxygens (including phenoxy) is 1. The molecule has 8 heteroatoms. The molecule has 0 saturated heterocycles. The van der Waals surface area contributed by atoms with Crippen LogP contribution in [-0.4, -0.2) is 44.0 Å². The van der Waals surface area contributed by atoms with Crippen LogP contribution < -0.4 is 15.0 Å². The van der Waals surface area contributed by atoms with E-state index in [0.29, 0.717) is 39.2 Å². The van der Waals surface area contributed by atoms with Crippen LogP contribution in [0.2, 0.25) is 10.0 Å². The van der Waals surface area contributed by atoms with Crippen molar-refractivity contribution in [1.82, 2.24) is 4.90 Å². The fourth-order valence-electron chi connectivity index (χ4n) is 4.67. The number of hydrogen-bond acceptors (Lipinski definition) is 4. The summed E-state index contributed by atoms with van der Waals surface area (Å²) in [6, 6.07) is 17.6. The molecule has 1 atom stereocenters. The Morgan fingerprint density at radius 1 is 1.16 bits per heavy atom. The lowest BCUT2D eigenvalue weighted by molar-refractivity contribution is 0.0985. The van der Waals surface area contributed by atoms with Gasteiger partial charge in [0.2, 0.25) is 0 Å². The number of rotatable bonds is 7. The number of carbonyl (C=O) groups is 2. The summed E-state index contributed by atoms with van der Waals surface area (Å²) in [5.74, 6) is -0.144. The Kier molecular flexibility index (Phi) is 8.54. The molecule has 192 valence electrons. The maximum Gasteiger partial charge on any atom is 0.258 e. The molecule has 1 N–H and O–H groups in total. The van der Waals surface area contributed by atoms with Gasteiger partial charge in [0, 0.05) is 35.4 Å². The average Bonchev–Trinajstić information content (AvgIpc) is 3.08. The quantitative estimate of drug-likeness (QED) is 0.334. The summed E-state index contributed by atoms with van der Waals surface area (Å²) in [6.07, 6.45) is 3.58. The van der Waals surface area contributed by atoms with E-state index >= 15 is 0 Å². The summed E-state index contributed by atoms with van der Waals surface area (Å²) in [5, 5.41) is 3.80. The molecular formula is C29H29Cl2N3O3. The normalized spacial score (nSPS) is 15.1. The van der Waals surface area contributed by atoms with Gasteiger partial charge < -0.3 is 15.0 Å². The molecule has 0 fully saturated rings. The van der Waals surface area contributed by atoms with Gasteiger partial charge in [-0.2, -0.15) is 0 Å². The van der Waals surface area contributed by atoms with Gasteiger partial charge in [-0.05, 0) is 74.0 Å². The summed E-state index contributed by atoms with van der Waals surface area (Å²) < 4.78 is 5.52. The largest absolute Gasteiger partial charge is 0.495 e. The lowest BCUT2D eigenvalue weighted by Crippen LogP contribution is -2.32. The third kappa shape index (κ3) is 5.82. The fourth-order valence-corrected chi connectivity index (χ4v) is 5.08. The molecule has 1 heterocycles. The summed E-state index contributed by atoms with van der Waals surface area (Å²) in [6.45, 7) is 5.16. The first kappa shape index (κ1) is 26.7. The van der Waals surface area contributed by atoms with Crippen LogP contribution in [0.25, 0.3) is 0 Å². The van der Waals surface area contributed by atoms with Crippen molar-refractivity contribution in [2.45, 2.75) is 18.9 Å². The van der Waals surface area contributed by atoms with E-state index in [1.54, 1.807) is 47.4 Å². The van der Waals surface area contributed by atoms with Crippen molar-refractivity contribution in [3.8, 4) is 5.75 Å². The van der Waals surface area contributed by atoms with E-state index in [0.717, 1.165) is 30.6 Å². The number of halogens is 2. The number of methoxy groups -OCH3 is 1. The Bertz CT molecular complexity index is 1330. The maximum absolute atomic E-state index is 13.8.